The molecule has 1 aromatic carbocycles. The van der Waals surface area contributed by atoms with Crippen molar-refractivity contribution >= 4 is 23.8 Å². The van der Waals surface area contributed by atoms with E-state index in [9.17, 15) is 27.9 Å². The van der Waals surface area contributed by atoms with Crippen molar-refractivity contribution in [3.05, 3.63) is 48.4 Å². The zero-order valence-electron chi connectivity index (χ0n) is 23.4. The van der Waals surface area contributed by atoms with Gasteiger partial charge >= 0.3 is 18.2 Å². The van der Waals surface area contributed by atoms with Gasteiger partial charge < -0.3 is 24.6 Å². The Hall–Kier alpha value is -3.06. The predicted octanol–water partition coefficient (Wildman–Crippen LogP) is 5.77. The highest BCUT2D eigenvalue weighted by molar-refractivity contribution is 7.99. The summed E-state index contributed by atoms with van der Waals surface area (Å²) in [4.78, 5) is 32.5. The molecule has 0 aliphatic rings. The summed E-state index contributed by atoms with van der Waals surface area (Å²) in [6.45, 7) is 10.0. The first-order chi connectivity index (χ1) is 18.4. The van der Waals surface area contributed by atoms with Gasteiger partial charge in [0.1, 0.15) is 23.0 Å². The van der Waals surface area contributed by atoms with Crippen LogP contribution < -0.4 is 10.1 Å². The van der Waals surface area contributed by atoms with E-state index in [1.165, 1.54) is 0 Å². The zero-order chi connectivity index (χ0) is 30.2. The quantitative estimate of drug-likeness (QED) is 0.249. The third-order valence-electron chi connectivity index (χ3n) is 5.03. The number of hydrogen-bond acceptors (Lipinski definition) is 9. The number of benzene rings is 1. The molecule has 222 valence electrons. The lowest BCUT2D eigenvalue weighted by Gasteiger charge is -2.29. The standard InChI is InChI=1S/C27H36F3N3O6S/c1-24(2,3)38-22(34)19(33-23(35)39-25(4,5)6)12-14-40-15-13-26(36,27(28,29)30)20-16-32-21(17-31-20)37-18-10-8-7-9-11-18/h7-11,16-17,19,36H,12-15H2,1-6H3,(H,33,35). The lowest BCUT2D eigenvalue weighted by molar-refractivity contribution is -0.269. The maximum Gasteiger partial charge on any atom is 0.423 e. The zero-order valence-corrected chi connectivity index (χ0v) is 24.2. The van der Waals surface area contributed by atoms with Crippen LogP contribution in [-0.4, -0.2) is 62.1 Å². The Balaban J connectivity index is 2.02. The van der Waals surface area contributed by atoms with Crippen molar-refractivity contribution in [1.82, 2.24) is 15.3 Å². The Morgan fingerprint density at radius 1 is 0.950 bits per heavy atom. The molecule has 2 unspecified atom stereocenters. The van der Waals surface area contributed by atoms with Crippen LogP contribution in [0.15, 0.2) is 42.7 Å². The Kier molecular flexibility index (Phi) is 11.2. The van der Waals surface area contributed by atoms with Crippen LogP contribution in [0.4, 0.5) is 18.0 Å². The van der Waals surface area contributed by atoms with E-state index in [2.05, 4.69) is 15.3 Å². The van der Waals surface area contributed by atoms with E-state index in [0.29, 0.717) is 5.75 Å². The number of esters is 1. The number of carbonyl (C=O) groups excluding carboxylic acids is 2. The second-order valence-electron chi connectivity index (χ2n) is 10.9. The van der Waals surface area contributed by atoms with Crippen molar-refractivity contribution in [3.8, 4) is 11.6 Å². The fraction of sp³-hybridized carbons (Fsp3) is 0.556. The topological polar surface area (TPSA) is 120 Å². The number of nitrogens with one attached hydrogen (secondary N) is 1. The molecule has 1 aromatic heterocycles. The van der Waals surface area contributed by atoms with Crippen molar-refractivity contribution in [2.75, 3.05) is 11.5 Å². The van der Waals surface area contributed by atoms with Gasteiger partial charge in [-0.05, 0) is 78.0 Å². The maximum atomic E-state index is 13.9. The second-order valence-corrected chi connectivity index (χ2v) is 12.1. The fourth-order valence-electron chi connectivity index (χ4n) is 3.20. The van der Waals surface area contributed by atoms with E-state index in [4.69, 9.17) is 14.2 Å². The molecule has 0 radical (unpaired) electrons. The van der Waals surface area contributed by atoms with E-state index >= 15 is 0 Å². The number of carbonyl (C=O) groups is 2. The van der Waals surface area contributed by atoms with Gasteiger partial charge in [0.15, 0.2) is 0 Å². The van der Waals surface area contributed by atoms with Crippen LogP contribution in [-0.2, 0) is 19.9 Å². The predicted molar refractivity (Wildman–Crippen MR) is 144 cm³/mol. The van der Waals surface area contributed by atoms with E-state index in [0.717, 1.165) is 24.2 Å². The summed E-state index contributed by atoms with van der Waals surface area (Å²) < 4.78 is 57.8. The number of aromatic nitrogens is 2. The van der Waals surface area contributed by atoms with Gasteiger partial charge in [-0.3, -0.25) is 4.98 Å². The number of hydrogen-bond donors (Lipinski definition) is 2. The van der Waals surface area contributed by atoms with Crippen molar-refractivity contribution in [2.45, 2.75) is 83.4 Å². The van der Waals surface area contributed by atoms with Crippen LogP contribution in [0.5, 0.6) is 11.6 Å². The molecule has 0 saturated carbocycles. The molecule has 0 aliphatic heterocycles. The van der Waals surface area contributed by atoms with Gasteiger partial charge in [0.2, 0.25) is 11.5 Å². The number of nitrogens with zero attached hydrogens (tertiary/aromatic N) is 2. The monoisotopic (exact) mass is 587 g/mol. The molecule has 1 amide bonds. The first-order valence-electron chi connectivity index (χ1n) is 12.5. The van der Waals surface area contributed by atoms with Gasteiger partial charge in [-0.25, -0.2) is 14.6 Å². The molecule has 13 heteroatoms. The summed E-state index contributed by atoms with van der Waals surface area (Å²) in [5.74, 6) is -0.243. The Morgan fingerprint density at radius 2 is 1.57 bits per heavy atom. The van der Waals surface area contributed by atoms with E-state index in [-0.39, 0.29) is 23.8 Å². The summed E-state index contributed by atoms with van der Waals surface area (Å²) in [6, 6.07) is 7.44. The summed E-state index contributed by atoms with van der Waals surface area (Å²) in [5, 5.41) is 13.1. The molecule has 2 rings (SSSR count). The number of ether oxygens (including phenoxy) is 3. The SMILES string of the molecule is CC(C)(C)OC(=O)NC(CCSCCC(O)(c1cnc(Oc2ccccc2)cn1)C(F)(F)F)C(=O)OC(C)(C)C. The number of alkyl carbamates (subject to hydrolysis) is 1. The molecular formula is C27H36F3N3O6S. The van der Waals surface area contributed by atoms with Crippen LogP contribution in [0.2, 0.25) is 0 Å². The van der Waals surface area contributed by atoms with Crippen molar-refractivity contribution in [1.29, 1.82) is 0 Å². The van der Waals surface area contributed by atoms with Crippen LogP contribution >= 0.6 is 11.8 Å². The highest BCUT2D eigenvalue weighted by Crippen LogP contribution is 2.41. The normalized spacial score (nSPS) is 14.6. The minimum atomic E-state index is -5.03. The van der Waals surface area contributed by atoms with Gasteiger partial charge in [-0.1, -0.05) is 18.2 Å². The molecule has 0 saturated heterocycles. The number of halogens is 3. The Morgan fingerprint density at radius 3 is 2.10 bits per heavy atom. The highest BCUT2D eigenvalue weighted by Gasteiger charge is 2.55. The van der Waals surface area contributed by atoms with Crippen molar-refractivity contribution in [2.24, 2.45) is 0 Å². The van der Waals surface area contributed by atoms with E-state index < -0.39 is 53.2 Å². The number of thioether (sulfide) groups is 1. The van der Waals surface area contributed by atoms with Crippen molar-refractivity contribution < 1.29 is 42.1 Å². The molecule has 0 spiro atoms. The molecule has 1 heterocycles. The number of rotatable bonds is 11. The largest absolute Gasteiger partial charge is 0.458 e. The van der Waals surface area contributed by atoms with Gasteiger partial charge in [0, 0.05) is 0 Å². The molecule has 2 atom stereocenters. The smallest absolute Gasteiger partial charge is 0.423 e. The van der Waals surface area contributed by atoms with E-state index in [1.807, 2.05) is 0 Å². The number of para-hydroxylation sites is 1. The van der Waals surface area contributed by atoms with Crippen LogP contribution in [0, 0.1) is 0 Å². The molecular weight excluding hydrogens is 551 g/mol. The lowest BCUT2D eigenvalue weighted by Crippen LogP contribution is -2.46. The van der Waals surface area contributed by atoms with E-state index in [1.54, 1.807) is 71.9 Å². The minimum absolute atomic E-state index is 0.0282. The van der Waals surface area contributed by atoms with Crippen LogP contribution in [0.3, 0.4) is 0 Å². The summed E-state index contributed by atoms with van der Waals surface area (Å²) in [7, 11) is 0. The molecule has 2 aromatic rings. The molecule has 40 heavy (non-hydrogen) atoms. The average molecular weight is 588 g/mol. The Labute approximate surface area is 236 Å². The number of amides is 1. The van der Waals surface area contributed by atoms with Gasteiger partial charge in [-0.15, -0.1) is 0 Å². The third-order valence-corrected chi connectivity index (χ3v) is 6.04. The first-order valence-corrected chi connectivity index (χ1v) is 13.7. The molecule has 0 fully saturated rings. The second kappa shape index (κ2) is 13.5. The first kappa shape index (κ1) is 33.1. The Bertz CT molecular complexity index is 1110. The van der Waals surface area contributed by atoms with Crippen LogP contribution in [0.25, 0.3) is 0 Å². The maximum absolute atomic E-state index is 13.9. The van der Waals surface area contributed by atoms with Gasteiger partial charge in [0.05, 0.1) is 18.1 Å². The average Bonchev–Trinajstić information content (AvgIpc) is 2.81. The highest BCUT2D eigenvalue weighted by atomic mass is 32.2. The number of aliphatic hydroxyl groups is 1. The summed E-state index contributed by atoms with van der Waals surface area (Å²) >= 11 is 1.07. The summed E-state index contributed by atoms with van der Waals surface area (Å²) in [6.07, 6.45) is -4.65. The van der Waals surface area contributed by atoms with Gasteiger partial charge in [0.25, 0.3) is 0 Å². The number of alkyl halides is 3. The van der Waals surface area contributed by atoms with Gasteiger partial charge in [-0.2, -0.15) is 24.9 Å². The molecule has 9 nitrogen and oxygen atoms in total. The third kappa shape index (κ3) is 10.8. The van der Waals surface area contributed by atoms with Crippen LogP contribution in [0.1, 0.15) is 60.1 Å². The van der Waals surface area contributed by atoms with Crippen molar-refractivity contribution in [3.63, 3.8) is 0 Å². The fourth-order valence-corrected chi connectivity index (χ4v) is 4.25. The lowest BCUT2D eigenvalue weighted by atomic mass is 9.96. The molecule has 2 N–H and O–H groups in total. The molecule has 0 aliphatic carbocycles. The summed E-state index contributed by atoms with van der Waals surface area (Å²) in [5.41, 5.74) is -5.53. The molecule has 0 bridgehead atoms. The minimum Gasteiger partial charge on any atom is -0.458 e.